The van der Waals surface area contributed by atoms with Crippen molar-refractivity contribution in [1.82, 2.24) is 9.80 Å². The zero-order valence-corrected chi connectivity index (χ0v) is 14.2. The van der Waals surface area contributed by atoms with Crippen LogP contribution in [0.3, 0.4) is 0 Å². The lowest BCUT2D eigenvalue weighted by molar-refractivity contribution is -0.274. The predicted molar refractivity (Wildman–Crippen MR) is 85.0 cm³/mol. The monoisotopic (exact) mass is 356 g/mol. The summed E-state index contributed by atoms with van der Waals surface area (Å²) in [5.41, 5.74) is 0.301. The lowest BCUT2D eigenvalue weighted by Gasteiger charge is -2.42. The molecule has 0 bridgehead atoms. The standard InChI is InChI=1S/C17H19F3N2O3/c1-16(2)14(22-7-6-21(3)10-15(22)23)9-11-8-12(24-17(18,19)20)4-5-13(11)25-16/h4-5,8-9H,6-7,10H2,1-3H3. The molecule has 2 heterocycles. The molecule has 0 spiro atoms. The van der Waals surface area contributed by atoms with Gasteiger partial charge in [0.05, 0.1) is 12.2 Å². The molecular formula is C17H19F3N2O3. The number of rotatable bonds is 2. The van der Waals surface area contributed by atoms with Gasteiger partial charge in [-0.1, -0.05) is 0 Å². The highest BCUT2D eigenvalue weighted by Gasteiger charge is 2.38. The van der Waals surface area contributed by atoms with Gasteiger partial charge >= 0.3 is 6.36 Å². The lowest BCUT2D eigenvalue weighted by atomic mass is 9.96. The van der Waals surface area contributed by atoms with Crippen LogP contribution in [0.2, 0.25) is 0 Å². The molecule has 0 aromatic heterocycles. The number of fused-ring (bicyclic) bond motifs is 1. The first-order valence-corrected chi connectivity index (χ1v) is 7.85. The number of alkyl halides is 3. The number of piperazine rings is 1. The number of ether oxygens (including phenoxy) is 2. The van der Waals surface area contributed by atoms with Crippen molar-refractivity contribution in [3.8, 4) is 11.5 Å². The van der Waals surface area contributed by atoms with E-state index >= 15 is 0 Å². The van der Waals surface area contributed by atoms with E-state index in [1.807, 2.05) is 25.8 Å². The Labute approximate surface area is 143 Å². The van der Waals surface area contributed by atoms with Crippen LogP contribution in [0.15, 0.2) is 23.9 Å². The molecule has 136 valence electrons. The molecule has 0 saturated carbocycles. The third-order valence-corrected chi connectivity index (χ3v) is 4.19. The zero-order valence-electron chi connectivity index (χ0n) is 14.2. The van der Waals surface area contributed by atoms with Gasteiger partial charge in [-0.2, -0.15) is 0 Å². The summed E-state index contributed by atoms with van der Waals surface area (Å²) in [5, 5.41) is 0. The minimum atomic E-state index is -4.76. The molecule has 1 amide bonds. The molecule has 1 fully saturated rings. The van der Waals surface area contributed by atoms with Gasteiger partial charge in [0.2, 0.25) is 5.91 Å². The van der Waals surface area contributed by atoms with Crippen molar-refractivity contribution in [1.29, 1.82) is 0 Å². The number of amides is 1. The Kier molecular flexibility index (Phi) is 4.18. The summed E-state index contributed by atoms with van der Waals surface area (Å²) in [6, 6.07) is 3.91. The van der Waals surface area contributed by atoms with E-state index in [9.17, 15) is 18.0 Å². The summed E-state index contributed by atoms with van der Waals surface area (Å²) >= 11 is 0. The first-order chi connectivity index (χ1) is 11.5. The average molecular weight is 356 g/mol. The van der Waals surface area contributed by atoms with Crippen molar-refractivity contribution in [2.45, 2.75) is 25.8 Å². The van der Waals surface area contributed by atoms with E-state index in [4.69, 9.17) is 4.74 Å². The van der Waals surface area contributed by atoms with Crippen LogP contribution in [-0.4, -0.2) is 54.4 Å². The second-order valence-electron chi connectivity index (χ2n) is 6.67. The van der Waals surface area contributed by atoms with Crippen LogP contribution in [-0.2, 0) is 4.79 Å². The number of likely N-dealkylation sites (N-methyl/N-ethyl adjacent to an activating group) is 1. The van der Waals surface area contributed by atoms with Crippen LogP contribution in [0.1, 0.15) is 19.4 Å². The number of carbonyl (C=O) groups is 1. The van der Waals surface area contributed by atoms with Crippen LogP contribution in [0.4, 0.5) is 13.2 Å². The van der Waals surface area contributed by atoms with Crippen molar-refractivity contribution in [3.05, 3.63) is 29.5 Å². The Morgan fingerprint density at radius 2 is 1.96 bits per heavy atom. The number of hydrogen-bond acceptors (Lipinski definition) is 4. The third kappa shape index (κ3) is 3.73. The molecule has 1 aromatic rings. The van der Waals surface area contributed by atoms with Crippen molar-refractivity contribution in [2.24, 2.45) is 0 Å². The molecule has 0 radical (unpaired) electrons. The van der Waals surface area contributed by atoms with E-state index in [2.05, 4.69) is 4.74 Å². The van der Waals surface area contributed by atoms with Crippen molar-refractivity contribution >= 4 is 12.0 Å². The summed E-state index contributed by atoms with van der Waals surface area (Å²) in [4.78, 5) is 15.9. The minimum Gasteiger partial charge on any atom is -0.481 e. The average Bonchev–Trinajstić information content (AvgIpc) is 2.45. The van der Waals surface area contributed by atoms with E-state index in [1.54, 1.807) is 11.0 Å². The van der Waals surface area contributed by atoms with Crippen molar-refractivity contribution in [3.63, 3.8) is 0 Å². The van der Waals surface area contributed by atoms with Gasteiger partial charge in [-0.3, -0.25) is 9.69 Å². The van der Waals surface area contributed by atoms with Crippen LogP contribution in [0.5, 0.6) is 11.5 Å². The molecule has 8 heteroatoms. The Bertz CT molecular complexity index is 728. The number of benzene rings is 1. The van der Waals surface area contributed by atoms with E-state index in [0.717, 1.165) is 0 Å². The maximum Gasteiger partial charge on any atom is 0.573 e. The molecule has 0 N–H and O–H groups in total. The molecule has 5 nitrogen and oxygen atoms in total. The largest absolute Gasteiger partial charge is 0.573 e. The summed E-state index contributed by atoms with van der Waals surface area (Å²) in [5.74, 6) is 0.0579. The van der Waals surface area contributed by atoms with Gasteiger partial charge in [0.1, 0.15) is 17.1 Å². The Balaban J connectivity index is 1.96. The topological polar surface area (TPSA) is 42.0 Å². The quantitative estimate of drug-likeness (QED) is 0.817. The molecule has 25 heavy (non-hydrogen) atoms. The zero-order chi connectivity index (χ0) is 18.4. The van der Waals surface area contributed by atoms with E-state index < -0.39 is 12.0 Å². The first-order valence-electron chi connectivity index (χ1n) is 7.85. The Morgan fingerprint density at radius 3 is 2.60 bits per heavy atom. The summed E-state index contributed by atoms with van der Waals surface area (Å²) in [7, 11) is 1.86. The van der Waals surface area contributed by atoms with Crippen LogP contribution in [0, 0.1) is 0 Å². The van der Waals surface area contributed by atoms with Gasteiger partial charge in [0.25, 0.3) is 0 Å². The van der Waals surface area contributed by atoms with Gasteiger partial charge in [-0.15, -0.1) is 13.2 Å². The van der Waals surface area contributed by atoms with Crippen LogP contribution < -0.4 is 9.47 Å². The van der Waals surface area contributed by atoms with Crippen LogP contribution >= 0.6 is 0 Å². The summed E-state index contributed by atoms with van der Waals surface area (Å²) in [6.45, 7) is 5.16. The van der Waals surface area contributed by atoms with Gasteiger partial charge < -0.3 is 14.4 Å². The molecule has 2 aliphatic heterocycles. The highest BCUT2D eigenvalue weighted by Crippen LogP contribution is 2.39. The maximum atomic E-state index is 12.4. The first kappa shape index (κ1) is 17.6. The maximum absolute atomic E-state index is 12.4. The van der Waals surface area contributed by atoms with Crippen molar-refractivity contribution < 1.29 is 27.4 Å². The van der Waals surface area contributed by atoms with Gasteiger partial charge in [-0.05, 0) is 45.2 Å². The molecule has 3 rings (SSSR count). The molecule has 0 atom stereocenters. The lowest BCUT2D eigenvalue weighted by Crippen LogP contribution is -2.53. The van der Waals surface area contributed by atoms with E-state index in [0.29, 0.717) is 30.1 Å². The smallest absolute Gasteiger partial charge is 0.481 e. The molecule has 1 saturated heterocycles. The Hall–Kier alpha value is -2.22. The SMILES string of the molecule is CN1CCN(C2=Cc3cc(OC(F)(F)F)ccc3OC2(C)C)C(=O)C1. The second-order valence-corrected chi connectivity index (χ2v) is 6.67. The molecule has 0 aliphatic carbocycles. The van der Waals surface area contributed by atoms with Gasteiger partial charge in [-0.25, -0.2) is 0 Å². The fraction of sp³-hybridized carbons (Fsp3) is 0.471. The molecule has 1 aromatic carbocycles. The van der Waals surface area contributed by atoms with Crippen LogP contribution in [0.25, 0.3) is 6.08 Å². The molecular weight excluding hydrogens is 337 g/mol. The molecule has 0 unspecified atom stereocenters. The highest BCUT2D eigenvalue weighted by molar-refractivity contribution is 5.83. The predicted octanol–water partition coefficient (Wildman–Crippen LogP) is 2.87. The molecule has 2 aliphatic rings. The number of nitrogens with zero attached hydrogens (tertiary/aromatic N) is 2. The van der Waals surface area contributed by atoms with Crippen molar-refractivity contribution in [2.75, 3.05) is 26.7 Å². The second kappa shape index (κ2) is 5.94. The summed E-state index contributed by atoms with van der Waals surface area (Å²) in [6.07, 6.45) is -3.06. The fourth-order valence-electron chi connectivity index (χ4n) is 3.03. The number of carbonyl (C=O) groups excluding carboxylic acids is 1. The third-order valence-electron chi connectivity index (χ3n) is 4.19. The van der Waals surface area contributed by atoms with Gasteiger partial charge in [0, 0.05) is 18.7 Å². The number of hydrogen-bond donors (Lipinski definition) is 0. The Morgan fingerprint density at radius 1 is 1.24 bits per heavy atom. The normalized spacial score (nSPS) is 20.6. The summed E-state index contributed by atoms with van der Waals surface area (Å²) < 4.78 is 47.2. The fourth-order valence-corrected chi connectivity index (χ4v) is 3.03. The minimum absolute atomic E-state index is 0.0668. The number of halogens is 3. The van der Waals surface area contributed by atoms with E-state index in [1.165, 1.54) is 18.2 Å². The van der Waals surface area contributed by atoms with E-state index in [-0.39, 0.29) is 18.2 Å². The highest BCUT2D eigenvalue weighted by atomic mass is 19.4. The van der Waals surface area contributed by atoms with Gasteiger partial charge in [0.15, 0.2) is 0 Å².